The van der Waals surface area contributed by atoms with Crippen molar-refractivity contribution in [3.8, 4) is 5.75 Å². The van der Waals surface area contributed by atoms with E-state index in [1.165, 1.54) is 7.11 Å². The molecule has 0 heterocycles. The SMILES string of the molecule is COc1ccc(CO[C@@H](C(=O)O)c2ccccc2)cc1Cl. The molecule has 0 aromatic heterocycles. The number of carboxylic acid groups (broad SMARTS) is 1. The van der Waals surface area contributed by atoms with E-state index in [2.05, 4.69) is 0 Å². The molecular weight excluding hydrogens is 292 g/mol. The van der Waals surface area contributed by atoms with E-state index in [9.17, 15) is 9.90 Å². The fraction of sp³-hybridized carbons (Fsp3) is 0.188. The van der Waals surface area contributed by atoms with Crippen molar-refractivity contribution in [3.05, 3.63) is 64.7 Å². The van der Waals surface area contributed by atoms with Crippen LogP contribution in [-0.2, 0) is 16.1 Å². The molecule has 0 bridgehead atoms. The summed E-state index contributed by atoms with van der Waals surface area (Å²) in [7, 11) is 1.53. The third-order valence-electron chi connectivity index (χ3n) is 2.96. The highest BCUT2D eigenvalue weighted by Gasteiger charge is 2.20. The number of benzene rings is 2. The fourth-order valence-electron chi connectivity index (χ4n) is 1.92. The Labute approximate surface area is 127 Å². The maximum atomic E-state index is 11.3. The van der Waals surface area contributed by atoms with Crippen molar-refractivity contribution in [2.24, 2.45) is 0 Å². The summed E-state index contributed by atoms with van der Waals surface area (Å²) in [5.41, 5.74) is 1.38. The number of aliphatic carboxylic acids is 1. The second-order valence-electron chi connectivity index (χ2n) is 4.41. The Hall–Kier alpha value is -2.04. The molecule has 0 spiro atoms. The molecule has 2 rings (SSSR count). The number of carbonyl (C=O) groups is 1. The van der Waals surface area contributed by atoms with Crippen molar-refractivity contribution in [2.45, 2.75) is 12.7 Å². The number of halogens is 1. The topological polar surface area (TPSA) is 55.8 Å². The van der Waals surface area contributed by atoms with Gasteiger partial charge in [-0.25, -0.2) is 4.79 Å². The van der Waals surface area contributed by atoms with E-state index in [0.717, 1.165) is 5.56 Å². The highest BCUT2D eigenvalue weighted by atomic mass is 35.5. The van der Waals surface area contributed by atoms with Crippen molar-refractivity contribution in [1.82, 2.24) is 0 Å². The minimum absolute atomic E-state index is 0.148. The molecule has 0 fully saturated rings. The number of carboxylic acids is 1. The molecule has 2 aromatic rings. The average Bonchev–Trinajstić information content (AvgIpc) is 2.48. The van der Waals surface area contributed by atoms with E-state index < -0.39 is 12.1 Å². The molecule has 0 radical (unpaired) electrons. The summed E-state index contributed by atoms with van der Waals surface area (Å²) in [6.07, 6.45) is -1.01. The van der Waals surface area contributed by atoms with E-state index in [-0.39, 0.29) is 6.61 Å². The molecule has 1 N–H and O–H groups in total. The average molecular weight is 307 g/mol. The summed E-state index contributed by atoms with van der Waals surface area (Å²) < 4.78 is 10.6. The molecule has 4 nitrogen and oxygen atoms in total. The maximum Gasteiger partial charge on any atom is 0.337 e. The standard InChI is InChI=1S/C16H15ClO4/c1-20-14-8-7-11(9-13(14)17)10-21-15(16(18)19)12-5-3-2-4-6-12/h2-9,15H,10H2,1H3,(H,18,19)/t15-/m1/s1. The largest absolute Gasteiger partial charge is 0.495 e. The predicted molar refractivity (Wildman–Crippen MR) is 79.6 cm³/mol. The Morgan fingerprint density at radius 3 is 2.52 bits per heavy atom. The van der Waals surface area contributed by atoms with E-state index in [1.54, 1.807) is 42.5 Å². The van der Waals surface area contributed by atoms with Gasteiger partial charge < -0.3 is 14.6 Å². The van der Waals surface area contributed by atoms with E-state index >= 15 is 0 Å². The van der Waals surface area contributed by atoms with Crippen LogP contribution in [0.1, 0.15) is 17.2 Å². The smallest absolute Gasteiger partial charge is 0.337 e. The molecule has 21 heavy (non-hydrogen) atoms. The quantitative estimate of drug-likeness (QED) is 0.884. The molecule has 0 saturated carbocycles. The zero-order valence-corrected chi connectivity index (χ0v) is 12.2. The van der Waals surface area contributed by atoms with Gasteiger partial charge in [0.1, 0.15) is 5.75 Å². The van der Waals surface area contributed by atoms with Crippen molar-refractivity contribution in [3.63, 3.8) is 0 Å². The van der Waals surface area contributed by atoms with Crippen LogP contribution in [0.4, 0.5) is 0 Å². The van der Waals surface area contributed by atoms with Crippen LogP contribution in [0.3, 0.4) is 0 Å². The number of rotatable bonds is 6. The Morgan fingerprint density at radius 2 is 1.95 bits per heavy atom. The molecule has 110 valence electrons. The van der Waals surface area contributed by atoms with Gasteiger partial charge in [-0.1, -0.05) is 48.0 Å². The summed E-state index contributed by atoms with van der Waals surface area (Å²) in [5, 5.41) is 9.73. The summed E-state index contributed by atoms with van der Waals surface area (Å²) in [5.74, 6) is -0.459. The molecule has 0 saturated heterocycles. The molecule has 5 heteroatoms. The number of hydrogen-bond donors (Lipinski definition) is 1. The first-order valence-electron chi connectivity index (χ1n) is 6.33. The summed E-state index contributed by atoms with van der Waals surface area (Å²) in [6, 6.07) is 14.0. The molecule has 2 aromatic carbocycles. The first-order chi connectivity index (χ1) is 10.1. The Balaban J connectivity index is 2.09. The van der Waals surface area contributed by atoms with Gasteiger partial charge in [0, 0.05) is 0 Å². The van der Waals surface area contributed by atoms with Crippen molar-refractivity contribution >= 4 is 17.6 Å². The highest BCUT2D eigenvalue weighted by molar-refractivity contribution is 6.32. The van der Waals surface area contributed by atoms with Crippen LogP contribution in [0, 0.1) is 0 Å². The van der Waals surface area contributed by atoms with Crippen LogP contribution >= 0.6 is 11.6 Å². The molecular formula is C16H15ClO4. The van der Waals surface area contributed by atoms with Gasteiger partial charge in [0.05, 0.1) is 18.7 Å². The van der Waals surface area contributed by atoms with Gasteiger partial charge in [-0.05, 0) is 23.3 Å². The lowest BCUT2D eigenvalue weighted by Gasteiger charge is -2.14. The van der Waals surface area contributed by atoms with Gasteiger partial charge >= 0.3 is 5.97 Å². The summed E-state index contributed by atoms with van der Waals surface area (Å²) in [4.78, 5) is 11.3. The van der Waals surface area contributed by atoms with Gasteiger partial charge in [0.15, 0.2) is 6.10 Å². The van der Waals surface area contributed by atoms with Gasteiger partial charge in [0.25, 0.3) is 0 Å². The van der Waals surface area contributed by atoms with E-state index in [4.69, 9.17) is 21.1 Å². The highest BCUT2D eigenvalue weighted by Crippen LogP contribution is 2.26. The molecule has 0 aliphatic rings. The van der Waals surface area contributed by atoms with Crippen LogP contribution in [0.2, 0.25) is 5.02 Å². The lowest BCUT2D eigenvalue weighted by atomic mass is 10.1. The van der Waals surface area contributed by atoms with Crippen LogP contribution in [0.5, 0.6) is 5.75 Å². The zero-order valence-electron chi connectivity index (χ0n) is 11.5. The zero-order chi connectivity index (χ0) is 15.2. The Morgan fingerprint density at radius 1 is 1.24 bits per heavy atom. The third kappa shape index (κ3) is 3.97. The lowest BCUT2D eigenvalue weighted by molar-refractivity contribution is -0.151. The monoisotopic (exact) mass is 306 g/mol. The molecule has 0 unspecified atom stereocenters. The van der Waals surface area contributed by atoms with Crippen molar-refractivity contribution in [2.75, 3.05) is 7.11 Å². The van der Waals surface area contributed by atoms with Crippen LogP contribution in [0.25, 0.3) is 0 Å². The van der Waals surface area contributed by atoms with Crippen LogP contribution < -0.4 is 4.74 Å². The minimum atomic E-state index is -1.03. The third-order valence-corrected chi connectivity index (χ3v) is 3.25. The second kappa shape index (κ2) is 7.11. The fourth-order valence-corrected chi connectivity index (χ4v) is 2.20. The van der Waals surface area contributed by atoms with E-state index in [0.29, 0.717) is 16.3 Å². The molecule has 0 aliphatic carbocycles. The summed E-state index contributed by atoms with van der Waals surface area (Å²) in [6.45, 7) is 0.148. The van der Waals surface area contributed by atoms with Gasteiger partial charge in [-0.3, -0.25) is 0 Å². The Bertz CT molecular complexity index is 613. The first kappa shape index (κ1) is 15.4. The predicted octanol–water partition coefficient (Wildman–Crippen LogP) is 3.69. The molecule has 0 amide bonds. The van der Waals surface area contributed by atoms with E-state index in [1.807, 2.05) is 6.07 Å². The van der Waals surface area contributed by atoms with Gasteiger partial charge in [-0.15, -0.1) is 0 Å². The van der Waals surface area contributed by atoms with Gasteiger partial charge in [0.2, 0.25) is 0 Å². The lowest BCUT2D eigenvalue weighted by Crippen LogP contribution is -2.15. The molecule has 1 atom stereocenters. The second-order valence-corrected chi connectivity index (χ2v) is 4.82. The summed E-state index contributed by atoms with van der Waals surface area (Å²) >= 11 is 6.03. The minimum Gasteiger partial charge on any atom is -0.495 e. The maximum absolute atomic E-state index is 11.3. The van der Waals surface area contributed by atoms with Crippen molar-refractivity contribution in [1.29, 1.82) is 0 Å². The number of hydrogen-bond acceptors (Lipinski definition) is 3. The van der Waals surface area contributed by atoms with Crippen LogP contribution in [0.15, 0.2) is 48.5 Å². The van der Waals surface area contributed by atoms with Crippen molar-refractivity contribution < 1.29 is 19.4 Å². The molecule has 0 aliphatic heterocycles. The Kier molecular flexibility index (Phi) is 5.20. The van der Waals surface area contributed by atoms with Gasteiger partial charge in [-0.2, -0.15) is 0 Å². The number of methoxy groups -OCH3 is 1. The van der Waals surface area contributed by atoms with Crippen LogP contribution in [-0.4, -0.2) is 18.2 Å². The first-order valence-corrected chi connectivity index (χ1v) is 6.71. The normalized spacial score (nSPS) is 11.9. The number of ether oxygens (including phenoxy) is 2.